The minimum Gasteiger partial charge on any atom is -0.339 e. The van der Waals surface area contributed by atoms with Crippen LogP contribution in [0.15, 0.2) is 6.07 Å². The molecule has 1 aromatic rings. The van der Waals surface area contributed by atoms with Gasteiger partial charge in [-0.1, -0.05) is 11.6 Å². The van der Waals surface area contributed by atoms with E-state index < -0.39 is 0 Å². The average molecular weight is 244 g/mol. The Morgan fingerprint density at radius 1 is 1.50 bits per heavy atom. The number of hydrogen-bond donors (Lipinski definition) is 2. The monoisotopic (exact) mass is 243 g/mol. The van der Waals surface area contributed by atoms with Crippen molar-refractivity contribution < 1.29 is 4.79 Å². The summed E-state index contributed by atoms with van der Waals surface area (Å²) in [5.74, 6) is 5.31. The van der Waals surface area contributed by atoms with Crippen molar-refractivity contribution in [3.63, 3.8) is 0 Å². The molecular weight excluding hydrogens is 230 g/mol. The first-order valence-electron chi connectivity index (χ1n) is 4.93. The van der Waals surface area contributed by atoms with Crippen LogP contribution in [0.1, 0.15) is 24.2 Å². The number of amides is 1. The largest absolute Gasteiger partial charge is 0.339 e. The molecule has 0 unspecified atom stereocenters. The first kappa shape index (κ1) is 12.7. The molecule has 0 aliphatic heterocycles. The van der Waals surface area contributed by atoms with Crippen molar-refractivity contribution in [3.8, 4) is 0 Å². The van der Waals surface area contributed by atoms with Crippen molar-refractivity contribution in [2.75, 3.05) is 18.5 Å². The minimum atomic E-state index is -0.172. The normalized spacial score (nSPS) is 10.0. The molecule has 0 aliphatic carbocycles. The molecule has 6 nitrogen and oxygen atoms in total. The zero-order valence-electron chi connectivity index (χ0n) is 9.20. The second-order valence-corrected chi connectivity index (χ2v) is 3.44. The van der Waals surface area contributed by atoms with Crippen LogP contribution in [-0.4, -0.2) is 34.1 Å². The first-order valence-corrected chi connectivity index (χ1v) is 5.30. The average Bonchev–Trinajstić information content (AvgIpc) is 2.30. The molecule has 1 rings (SSSR count). The van der Waals surface area contributed by atoms with E-state index in [4.69, 9.17) is 17.4 Å². The molecule has 0 bridgehead atoms. The quantitative estimate of drug-likeness (QED) is 0.606. The lowest BCUT2D eigenvalue weighted by molar-refractivity contribution is 0.0773. The molecule has 0 saturated heterocycles. The van der Waals surface area contributed by atoms with E-state index in [1.54, 1.807) is 4.90 Å². The summed E-state index contributed by atoms with van der Waals surface area (Å²) in [4.78, 5) is 13.7. The molecule has 3 N–H and O–H groups in total. The third-order valence-electron chi connectivity index (χ3n) is 2.18. The SMILES string of the molecule is CCN(CC)C(=O)c1cc(Cl)nnc1NN. The van der Waals surface area contributed by atoms with E-state index in [-0.39, 0.29) is 16.9 Å². The molecule has 0 saturated carbocycles. The maximum atomic E-state index is 12.0. The number of carbonyl (C=O) groups excluding carboxylic acids is 1. The van der Waals surface area contributed by atoms with Crippen LogP contribution in [-0.2, 0) is 0 Å². The highest BCUT2D eigenvalue weighted by Gasteiger charge is 2.18. The lowest BCUT2D eigenvalue weighted by Crippen LogP contribution is -2.31. The maximum Gasteiger partial charge on any atom is 0.257 e. The third kappa shape index (κ3) is 2.59. The number of halogens is 1. The molecular formula is C9H14ClN5O. The fraction of sp³-hybridized carbons (Fsp3) is 0.444. The molecule has 0 spiro atoms. The van der Waals surface area contributed by atoms with Crippen LogP contribution in [0.5, 0.6) is 0 Å². The van der Waals surface area contributed by atoms with Crippen LogP contribution in [0.2, 0.25) is 5.15 Å². The number of anilines is 1. The van der Waals surface area contributed by atoms with Crippen molar-refractivity contribution in [2.45, 2.75) is 13.8 Å². The Hall–Kier alpha value is -1.40. The molecule has 0 aromatic carbocycles. The van der Waals surface area contributed by atoms with Gasteiger partial charge in [0.05, 0.1) is 5.56 Å². The van der Waals surface area contributed by atoms with Crippen LogP contribution in [0.3, 0.4) is 0 Å². The van der Waals surface area contributed by atoms with Gasteiger partial charge in [0.1, 0.15) is 0 Å². The first-order chi connectivity index (χ1) is 7.63. The molecule has 16 heavy (non-hydrogen) atoms. The van der Waals surface area contributed by atoms with E-state index >= 15 is 0 Å². The summed E-state index contributed by atoms with van der Waals surface area (Å²) in [6, 6.07) is 1.45. The standard InChI is InChI=1S/C9H14ClN5O/c1-3-15(4-2)9(16)6-5-7(10)13-14-8(6)12-11/h5H,3-4,11H2,1-2H3,(H,12,14). The van der Waals surface area contributed by atoms with E-state index in [0.717, 1.165) is 0 Å². The maximum absolute atomic E-state index is 12.0. The zero-order valence-corrected chi connectivity index (χ0v) is 9.95. The van der Waals surface area contributed by atoms with Crippen LogP contribution in [0, 0.1) is 0 Å². The molecule has 88 valence electrons. The van der Waals surface area contributed by atoms with E-state index in [2.05, 4.69) is 15.6 Å². The van der Waals surface area contributed by atoms with Gasteiger partial charge in [-0.3, -0.25) is 4.79 Å². The van der Waals surface area contributed by atoms with Crippen LogP contribution < -0.4 is 11.3 Å². The van der Waals surface area contributed by atoms with Gasteiger partial charge in [-0.25, -0.2) is 5.84 Å². The molecule has 0 radical (unpaired) electrons. The molecule has 0 atom stereocenters. The molecule has 1 heterocycles. The van der Waals surface area contributed by atoms with Crippen LogP contribution in [0.4, 0.5) is 5.82 Å². The number of nitrogens with one attached hydrogen (secondary N) is 1. The van der Waals surface area contributed by atoms with Gasteiger partial charge in [0, 0.05) is 13.1 Å². The molecule has 1 amide bonds. The number of nitrogen functional groups attached to an aromatic ring is 1. The third-order valence-corrected chi connectivity index (χ3v) is 2.37. The van der Waals surface area contributed by atoms with Crippen molar-refractivity contribution in [3.05, 3.63) is 16.8 Å². The number of nitrogens with two attached hydrogens (primary N) is 1. The Labute approximate surface area is 98.7 Å². The number of carbonyl (C=O) groups is 1. The molecule has 0 aliphatic rings. The fourth-order valence-electron chi connectivity index (χ4n) is 1.32. The lowest BCUT2D eigenvalue weighted by atomic mass is 10.2. The van der Waals surface area contributed by atoms with Crippen LogP contribution in [0.25, 0.3) is 0 Å². The lowest BCUT2D eigenvalue weighted by Gasteiger charge is -2.19. The molecule has 0 fully saturated rings. The topological polar surface area (TPSA) is 84.1 Å². The van der Waals surface area contributed by atoms with E-state index in [1.807, 2.05) is 13.8 Å². The predicted octanol–water partition coefficient (Wildman–Crippen LogP) is 0.898. The number of aromatic nitrogens is 2. The van der Waals surface area contributed by atoms with Gasteiger partial charge in [0.2, 0.25) is 0 Å². The highest BCUT2D eigenvalue weighted by Crippen LogP contribution is 2.16. The van der Waals surface area contributed by atoms with Gasteiger partial charge in [0.25, 0.3) is 5.91 Å². The summed E-state index contributed by atoms with van der Waals surface area (Å²) in [7, 11) is 0. The van der Waals surface area contributed by atoms with Crippen molar-refractivity contribution in [1.29, 1.82) is 0 Å². The summed E-state index contributed by atoms with van der Waals surface area (Å²) in [5, 5.41) is 7.47. The predicted molar refractivity (Wildman–Crippen MR) is 62.1 cm³/mol. The minimum absolute atomic E-state index is 0.162. The highest BCUT2D eigenvalue weighted by atomic mass is 35.5. The van der Waals surface area contributed by atoms with Crippen molar-refractivity contribution in [2.24, 2.45) is 5.84 Å². The highest BCUT2D eigenvalue weighted by molar-refractivity contribution is 6.29. The van der Waals surface area contributed by atoms with E-state index in [1.165, 1.54) is 6.07 Å². The van der Waals surface area contributed by atoms with Gasteiger partial charge in [-0.2, -0.15) is 0 Å². The molecule has 7 heteroatoms. The van der Waals surface area contributed by atoms with Gasteiger partial charge >= 0.3 is 0 Å². The smallest absolute Gasteiger partial charge is 0.257 e. The van der Waals surface area contributed by atoms with Crippen molar-refractivity contribution in [1.82, 2.24) is 15.1 Å². The Bertz CT molecular complexity index is 380. The zero-order chi connectivity index (χ0) is 12.1. The second kappa shape index (κ2) is 5.62. The molecule has 1 aromatic heterocycles. The van der Waals surface area contributed by atoms with Gasteiger partial charge < -0.3 is 10.3 Å². The number of nitrogens with zero attached hydrogens (tertiary/aromatic N) is 3. The Balaban J connectivity index is 3.10. The van der Waals surface area contributed by atoms with Crippen molar-refractivity contribution >= 4 is 23.3 Å². The van der Waals surface area contributed by atoms with E-state index in [9.17, 15) is 4.79 Å². The second-order valence-electron chi connectivity index (χ2n) is 3.05. The Morgan fingerprint density at radius 2 is 2.12 bits per heavy atom. The van der Waals surface area contributed by atoms with Gasteiger partial charge in [-0.05, 0) is 19.9 Å². The number of rotatable bonds is 4. The Morgan fingerprint density at radius 3 is 2.62 bits per heavy atom. The summed E-state index contributed by atoms with van der Waals surface area (Å²) in [5.41, 5.74) is 2.65. The Kier molecular flexibility index (Phi) is 4.45. The van der Waals surface area contributed by atoms with E-state index in [0.29, 0.717) is 18.7 Å². The summed E-state index contributed by atoms with van der Waals surface area (Å²) in [6.45, 7) is 5.01. The summed E-state index contributed by atoms with van der Waals surface area (Å²) in [6.07, 6.45) is 0. The fourth-order valence-corrected chi connectivity index (χ4v) is 1.47. The summed E-state index contributed by atoms with van der Waals surface area (Å²) >= 11 is 5.70. The number of hydrazine groups is 1. The van der Waals surface area contributed by atoms with Crippen LogP contribution >= 0.6 is 11.6 Å². The number of hydrogen-bond acceptors (Lipinski definition) is 5. The van der Waals surface area contributed by atoms with Gasteiger partial charge in [0.15, 0.2) is 11.0 Å². The summed E-state index contributed by atoms with van der Waals surface area (Å²) < 4.78 is 0. The van der Waals surface area contributed by atoms with Gasteiger partial charge in [-0.15, -0.1) is 10.2 Å².